The van der Waals surface area contributed by atoms with E-state index in [0.29, 0.717) is 12.5 Å². The number of rotatable bonds is 14. The van der Waals surface area contributed by atoms with Crippen LogP contribution in [0.1, 0.15) is 34.6 Å². The van der Waals surface area contributed by atoms with Crippen LogP contribution in [0, 0.1) is 0 Å². The van der Waals surface area contributed by atoms with Crippen molar-refractivity contribution in [3.8, 4) is 0 Å². The van der Waals surface area contributed by atoms with Gasteiger partial charge in [-0.15, -0.1) is 10.3 Å². The van der Waals surface area contributed by atoms with Crippen molar-refractivity contribution in [3.05, 3.63) is 35.4 Å². The fourth-order valence-corrected chi connectivity index (χ4v) is 6.80. The summed E-state index contributed by atoms with van der Waals surface area (Å²) in [6.07, 6.45) is -7.75. The minimum atomic E-state index is -8.98. The lowest BCUT2D eigenvalue weighted by Gasteiger charge is -2.42. The van der Waals surface area contributed by atoms with Crippen molar-refractivity contribution in [3.63, 3.8) is 0 Å². The normalized spacial score (nSPS) is 15.5. The molecule has 47 heavy (non-hydrogen) atoms. The molecule has 274 valence electrons. The van der Waals surface area contributed by atoms with E-state index in [4.69, 9.17) is 4.74 Å². The number of carbonyl (C=O) groups is 2. The summed E-state index contributed by atoms with van der Waals surface area (Å²) < 4.78 is 262. The lowest BCUT2D eigenvalue weighted by atomic mass is 9.91. The Morgan fingerprint density at radius 3 is 1.32 bits per heavy atom. The van der Waals surface area contributed by atoms with E-state index in [0.717, 1.165) is 24.3 Å². The summed E-state index contributed by atoms with van der Waals surface area (Å²) in [5.74, 6) is -56.0. The summed E-state index contributed by atoms with van der Waals surface area (Å²) in [5, 5.41) is -7.86. The minimum absolute atomic E-state index is 0.161. The number of esters is 1. The second-order valence-corrected chi connectivity index (χ2v) is 15.1. The van der Waals surface area contributed by atoms with Gasteiger partial charge in [-0.1, -0.05) is 12.1 Å². The zero-order valence-electron chi connectivity index (χ0n) is 23.3. The molecule has 0 atom stereocenters. The van der Waals surface area contributed by atoms with Gasteiger partial charge in [0.25, 0.3) is 0 Å². The van der Waals surface area contributed by atoms with E-state index in [1.165, 1.54) is 13.8 Å². The molecule has 0 aromatic heterocycles. The maximum absolute atomic E-state index is 14.4. The van der Waals surface area contributed by atoms with Crippen LogP contribution in [-0.4, -0.2) is 91.5 Å². The molecule has 0 aliphatic carbocycles. The molecule has 0 radical (unpaired) electrons. The van der Waals surface area contributed by atoms with Gasteiger partial charge in [0.1, 0.15) is 0 Å². The molecule has 0 spiro atoms. The molecule has 1 aromatic carbocycles. The first-order valence-electron chi connectivity index (χ1n) is 11.6. The number of halogens is 17. The van der Waals surface area contributed by atoms with Gasteiger partial charge in [-0.3, -0.25) is 4.79 Å². The smallest absolute Gasteiger partial charge is 0.459 e. The highest BCUT2D eigenvalue weighted by Crippen LogP contribution is 2.65. The molecule has 1 aromatic rings. The largest absolute Gasteiger partial charge is 0.460 e. The molecule has 0 aliphatic rings. The van der Waals surface area contributed by atoms with Gasteiger partial charge in [-0.2, -0.15) is 83.1 Å². The summed E-state index contributed by atoms with van der Waals surface area (Å²) in [7, 11) is -12.0. The third-order valence-corrected chi connectivity index (χ3v) is 9.58. The Hall–Kier alpha value is -2.57. The topological polar surface area (TPSA) is 86.7 Å². The van der Waals surface area contributed by atoms with Crippen LogP contribution in [0.5, 0.6) is 0 Å². The quantitative estimate of drug-likeness (QED) is 0.110. The minimum Gasteiger partial charge on any atom is -0.459 e. The first-order chi connectivity index (χ1) is 20.4. The number of alkyl halides is 17. The Morgan fingerprint density at radius 1 is 0.617 bits per heavy atom. The zero-order valence-corrected chi connectivity index (χ0v) is 24.9. The first-order valence-corrected chi connectivity index (χ1v) is 15.6. The first kappa shape index (κ1) is 42.5. The van der Waals surface area contributed by atoms with Crippen LogP contribution in [0.15, 0.2) is 24.3 Å². The van der Waals surface area contributed by atoms with Gasteiger partial charge in [-0.05, 0) is 38.5 Å². The van der Waals surface area contributed by atoms with Gasteiger partial charge < -0.3 is 4.74 Å². The van der Waals surface area contributed by atoms with E-state index in [1.54, 1.807) is 0 Å². The summed E-state index contributed by atoms with van der Waals surface area (Å²) in [4.78, 5) is 24.3. The van der Waals surface area contributed by atoms with Crippen LogP contribution in [0.2, 0.25) is 0 Å². The molecular weight excluding hydrogens is 747 g/mol. The Kier molecular flexibility index (Phi) is 11.2. The highest BCUT2D eigenvalue weighted by molar-refractivity contribution is 8.32. The van der Waals surface area contributed by atoms with Crippen molar-refractivity contribution in [1.82, 2.24) is 0 Å². The van der Waals surface area contributed by atoms with Gasteiger partial charge >= 0.3 is 63.1 Å². The van der Waals surface area contributed by atoms with Crippen LogP contribution in [0.4, 0.5) is 74.6 Å². The SMILES string of the molecule is CC(C)OC(=O)c1ccc(C(=O)CS(C)(C)OS(=O)(=O)C(F)(F)C(F)(F)C(F)(F)C(F)(F)C(F)(F)C(F)(F)C(F)(F)C(F)(F)F)cc1. The summed E-state index contributed by atoms with van der Waals surface area (Å²) in [6.45, 7) is 2.93. The van der Waals surface area contributed by atoms with E-state index in [1.807, 2.05) is 0 Å². The van der Waals surface area contributed by atoms with Crippen LogP contribution in [0.3, 0.4) is 0 Å². The second kappa shape index (κ2) is 12.4. The maximum atomic E-state index is 14.4. The molecular formula is C22H19F17O6S2. The molecule has 1 rings (SSSR count). The van der Waals surface area contributed by atoms with Gasteiger partial charge in [0.05, 0.1) is 17.4 Å². The molecule has 0 saturated heterocycles. The van der Waals surface area contributed by atoms with Crippen LogP contribution in [0.25, 0.3) is 0 Å². The highest BCUT2D eigenvalue weighted by Gasteiger charge is 2.96. The number of carbonyl (C=O) groups excluding carboxylic acids is 2. The van der Waals surface area contributed by atoms with E-state index >= 15 is 0 Å². The number of benzene rings is 1. The third-order valence-electron chi connectivity index (χ3n) is 5.55. The Morgan fingerprint density at radius 2 is 0.957 bits per heavy atom. The summed E-state index contributed by atoms with van der Waals surface area (Å²) in [5.41, 5.74) is -0.625. The molecule has 0 bridgehead atoms. The van der Waals surface area contributed by atoms with E-state index in [9.17, 15) is 92.6 Å². The standard InChI is InChI=1S/C22H19F17O6S2/c1-10(2)44-14(41)12-7-5-11(6-8-12)13(40)9-46(3,4)45-47(42,43)22(38,39)20(33,34)18(29,30)16(25,26)15(23,24)17(27,28)19(31,32)21(35,36)37/h5-8,10H,9H2,1-4H3. The Labute approximate surface area is 254 Å². The predicted octanol–water partition coefficient (Wildman–Crippen LogP) is 7.73. The number of hydrogen-bond donors (Lipinski definition) is 0. The van der Waals surface area contributed by atoms with Crippen LogP contribution < -0.4 is 0 Å². The monoisotopic (exact) mass is 766 g/mol. The Balaban J connectivity index is 3.47. The Bertz CT molecular complexity index is 1440. The van der Waals surface area contributed by atoms with Crippen LogP contribution in [-0.2, 0) is 18.5 Å². The van der Waals surface area contributed by atoms with Gasteiger partial charge in [0, 0.05) is 5.56 Å². The molecule has 0 unspecified atom stereocenters. The highest BCUT2D eigenvalue weighted by atomic mass is 32.3. The fourth-order valence-electron chi connectivity index (χ4n) is 3.09. The van der Waals surface area contributed by atoms with Crippen molar-refractivity contribution in [1.29, 1.82) is 0 Å². The van der Waals surface area contributed by atoms with Crippen molar-refractivity contribution < 1.29 is 101 Å². The molecule has 6 nitrogen and oxygen atoms in total. The maximum Gasteiger partial charge on any atom is 0.460 e. The molecule has 0 aliphatic heterocycles. The number of Topliss-reactive ketones (excluding diaryl/α,β-unsaturated/α-hetero) is 1. The summed E-state index contributed by atoms with van der Waals surface area (Å²) >= 11 is 0. The van der Waals surface area contributed by atoms with Crippen LogP contribution >= 0.6 is 10.3 Å². The van der Waals surface area contributed by atoms with Crippen molar-refractivity contribution in [2.45, 2.75) is 66.9 Å². The second-order valence-electron chi connectivity index (χ2n) is 10.0. The molecule has 0 N–H and O–H groups in total. The number of hydrogen-bond acceptors (Lipinski definition) is 6. The zero-order chi connectivity index (χ0) is 37.8. The average Bonchev–Trinajstić information content (AvgIpc) is 2.85. The van der Waals surface area contributed by atoms with E-state index < -0.39 is 96.6 Å². The molecule has 0 saturated carbocycles. The average molecular weight is 766 g/mol. The van der Waals surface area contributed by atoms with Crippen molar-refractivity contribution in [2.24, 2.45) is 0 Å². The molecule has 0 amide bonds. The van der Waals surface area contributed by atoms with Crippen molar-refractivity contribution >= 4 is 32.2 Å². The summed E-state index contributed by atoms with van der Waals surface area (Å²) in [6, 6.07) is 3.65. The van der Waals surface area contributed by atoms with Crippen molar-refractivity contribution in [2.75, 3.05) is 18.3 Å². The van der Waals surface area contributed by atoms with E-state index in [2.05, 4.69) is 3.63 Å². The fraction of sp³-hybridized carbons (Fsp3) is 0.636. The van der Waals surface area contributed by atoms with Gasteiger partial charge in [-0.25, -0.2) is 8.42 Å². The van der Waals surface area contributed by atoms with E-state index in [-0.39, 0.29) is 5.56 Å². The molecule has 0 fully saturated rings. The molecule has 0 heterocycles. The molecule has 25 heteroatoms. The van der Waals surface area contributed by atoms with Gasteiger partial charge in [0.15, 0.2) is 5.78 Å². The number of ketones is 1. The number of ether oxygens (including phenoxy) is 1. The lowest BCUT2D eigenvalue weighted by molar-refractivity contribution is -0.458. The third kappa shape index (κ3) is 7.11. The van der Waals surface area contributed by atoms with Gasteiger partial charge in [0.2, 0.25) is 0 Å². The predicted molar refractivity (Wildman–Crippen MR) is 126 cm³/mol. The lowest BCUT2D eigenvalue weighted by Crippen LogP contribution is -2.75.